The molecule has 1 amide bonds. The number of methoxy groups -OCH3 is 2. The summed E-state index contributed by atoms with van der Waals surface area (Å²) < 4.78 is 15.3. The fourth-order valence-electron chi connectivity index (χ4n) is 2.28. The minimum Gasteiger partial charge on any atom is -0.493 e. The van der Waals surface area contributed by atoms with Crippen LogP contribution in [-0.4, -0.2) is 32.7 Å². The van der Waals surface area contributed by atoms with Gasteiger partial charge in [-0.2, -0.15) is 0 Å². The monoisotopic (exact) mass is 389 g/mol. The molecule has 0 atom stereocenters. The Labute approximate surface area is 162 Å². The van der Waals surface area contributed by atoms with Crippen LogP contribution in [0.25, 0.3) is 6.08 Å². The molecule has 2 aromatic rings. The van der Waals surface area contributed by atoms with Crippen molar-refractivity contribution >= 4 is 35.2 Å². The third kappa shape index (κ3) is 5.49. The van der Waals surface area contributed by atoms with Crippen molar-refractivity contribution in [3.63, 3.8) is 0 Å². The van der Waals surface area contributed by atoms with Crippen LogP contribution in [0.3, 0.4) is 0 Å². The smallest absolute Gasteiger partial charge is 0.339 e. The standard InChI is InChI=1S/C20H20ClNO5/c1-4-27-20(24)15-12-14(7-8-16(15)21)22-19(23)10-6-13-5-9-17(25-2)18(11-13)26-3/h5-12H,4H2,1-3H3,(H,22,23)/b10-6+. The SMILES string of the molecule is CCOC(=O)c1cc(NC(=O)/C=C/c2ccc(OC)c(OC)c2)ccc1Cl. The van der Waals surface area contributed by atoms with Gasteiger partial charge in [0, 0.05) is 11.8 Å². The third-order valence-corrected chi connectivity index (χ3v) is 3.89. The van der Waals surface area contributed by atoms with Crippen LogP contribution in [0, 0.1) is 0 Å². The Kier molecular flexibility index (Phi) is 7.25. The molecule has 0 aliphatic rings. The van der Waals surface area contributed by atoms with Crippen LogP contribution in [-0.2, 0) is 9.53 Å². The number of hydrogen-bond donors (Lipinski definition) is 1. The van der Waals surface area contributed by atoms with Gasteiger partial charge in [-0.3, -0.25) is 4.79 Å². The first kappa shape index (κ1) is 20.3. The first-order chi connectivity index (χ1) is 13.0. The highest BCUT2D eigenvalue weighted by atomic mass is 35.5. The molecule has 7 heteroatoms. The highest BCUT2D eigenvalue weighted by Gasteiger charge is 2.13. The van der Waals surface area contributed by atoms with Crippen molar-refractivity contribution in [1.29, 1.82) is 0 Å². The van der Waals surface area contributed by atoms with Crippen molar-refractivity contribution in [3.8, 4) is 11.5 Å². The minimum atomic E-state index is -0.542. The molecule has 0 aliphatic heterocycles. The van der Waals surface area contributed by atoms with Gasteiger partial charge < -0.3 is 19.5 Å². The lowest BCUT2D eigenvalue weighted by atomic mass is 10.1. The largest absolute Gasteiger partial charge is 0.493 e. The predicted octanol–water partition coefficient (Wildman–Crippen LogP) is 4.19. The Morgan fingerprint density at radius 2 is 1.81 bits per heavy atom. The Balaban J connectivity index is 2.10. The van der Waals surface area contributed by atoms with Crippen LogP contribution in [0.5, 0.6) is 11.5 Å². The summed E-state index contributed by atoms with van der Waals surface area (Å²) >= 11 is 6.01. The average molecular weight is 390 g/mol. The van der Waals surface area contributed by atoms with Gasteiger partial charge in [-0.25, -0.2) is 4.79 Å². The van der Waals surface area contributed by atoms with E-state index >= 15 is 0 Å². The van der Waals surface area contributed by atoms with E-state index in [1.165, 1.54) is 18.2 Å². The van der Waals surface area contributed by atoms with Crippen LogP contribution in [0.1, 0.15) is 22.8 Å². The molecule has 0 unspecified atom stereocenters. The van der Waals surface area contributed by atoms with Gasteiger partial charge in [0.15, 0.2) is 11.5 Å². The van der Waals surface area contributed by atoms with Crippen LogP contribution in [0.4, 0.5) is 5.69 Å². The van der Waals surface area contributed by atoms with Crippen molar-refractivity contribution < 1.29 is 23.8 Å². The fraction of sp³-hybridized carbons (Fsp3) is 0.200. The maximum Gasteiger partial charge on any atom is 0.339 e. The minimum absolute atomic E-state index is 0.195. The third-order valence-electron chi connectivity index (χ3n) is 3.56. The van der Waals surface area contributed by atoms with Gasteiger partial charge in [0.25, 0.3) is 0 Å². The van der Waals surface area contributed by atoms with Crippen LogP contribution in [0.2, 0.25) is 5.02 Å². The molecule has 0 saturated carbocycles. The molecule has 0 heterocycles. The van der Waals surface area contributed by atoms with Crippen molar-refractivity contribution in [1.82, 2.24) is 0 Å². The Hall–Kier alpha value is -2.99. The quantitative estimate of drug-likeness (QED) is 0.567. The van der Waals surface area contributed by atoms with Gasteiger partial charge in [-0.1, -0.05) is 17.7 Å². The first-order valence-electron chi connectivity index (χ1n) is 8.16. The predicted molar refractivity (Wildman–Crippen MR) is 105 cm³/mol. The van der Waals surface area contributed by atoms with E-state index in [9.17, 15) is 9.59 Å². The van der Waals surface area contributed by atoms with Crippen LogP contribution < -0.4 is 14.8 Å². The van der Waals surface area contributed by atoms with E-state index in [2.05, 4.69) is 5.32 Å². The van der Waals surface area contributed by atoms with Crippen molar-refractivity contribution in [2.24, 2.45) is 0 Å². The molecule has 0 spiro atoms. The number of benzene rings is 2. The fourth-order valence-corrected chi connectivity index (χ4v) is 2.48. The Morgan fingerprint density at radius 1 is 1.07 bits per heavy atom. The van der Waals surface area contributed by atoms with Crippen LogP contribution >= 0.6 is 11.6 Å². The van der Waals surface area contributed by atoms with E-state index in [4.69, 9.17) is 25.8 Å². The molecule has 0 aliphatic carbocycles. The van der Waals surface area contributed by atoms with E-state index < -0.39 is 5.97 Å². The zero-order valence-corrected chi connectivity index (χ0v) is 16.0. The molecule has 0 saturated heterocycles. The second kappa shape index (κ2) is 9.64. The molecule has 0 radical (unpaired) electrons. The molecule has 0 bridgehead atoms. The van der Waals surface area contributed by atoms with E-state index in [-0.39, 0.29) is 23.1 Å². The number of esters is 1. The van der Waals surface area contributed by atoms with Gasteiger partial charge in [-0.15, -0.1) is 0 Å². The number of nitrogens with one attached hydrogen (secondary N) is 1. The van der Waals surface area contributed by atoms with E-state index in [0.717, 1.165) is 5.56 Å². The summed E-state index contributed by atoms with van der Waals surface area (Å²) in [4.78, 5) is 24.0. The number of hydrogen-bond acceptors (Lipinski definition) is 5. The molecule has 0 fully saturated rings. The number of carbonyl (C=O) groups excluding carboxylic acids is 2. The molecule has 2 aromatic carbocycles. The number of anilines is 1. The van der Waals surface area contributed by atoms with E-state index in [1.807, 2.05) is 0 Å². The molecule has 1 N–H and O–H groups in total. The molecule has 6 nitrogen and oxygen atoms in total. The van der Waals surface area contributed by atoms with Crippen molar-refractivity contribution in [2.45, 2.75) is 6.92 Å². The lowest BCUT2D eigenvalue weighted by Crippen LogP contribution is -2.10. The molecular formula is C20H20ClNO5. The summed E-state index contributed by atoms with van der Waals surface area (Å²) in [7, 11) is 3.09. The Morgan fingerprint density at radius 3 is 2.48 bits per heavy atom. The van der Waals surface area contributed by atoms with Gasteiger partial charge in [0.05, 0.1) is 31.4 Å². The van der Waals surface area contributed by atoms with Crippen molar-refractivity contribution in [2.75, 3.05) is 26.1 Å². The van der Waals surface area contributed by atoms with Gasteiger partial charge >= 0.3 is 5.97 Å². The topological polar surface area (TPSA) is 73.9 Å². The maximum atomic E-state index is 12.2. The summed E-state index contributed by atoms with van der Waals surface area (Å²) in [6, 6.07) is 9.91. The zero-order chi connectivity index (χ0) is 19.8. The summed E-state index contributed by atoms with van der Waals surface area (Å²) in [6.45, 7) is 1.94. The summed E-state index contributed by atoms with van der Waals surface area (Å²) in [5.41, 5.74) is 1.40. The molecule has 2 rings (SSSR count). The number of amides is 1. The molecule has 0 aromatic heterocycles. The summed E-state index contributed by atoms with van der Waals surface area (Å²) in [5, 5.41) is 2.94. The second-order valence-electron chi connectivity index (χ2n) is 5.35. The lowest BCUT2D eigenvalue weighted by molar-refractivity contribution is -0.111. The molecule has 142 valence electrons. The van der Waals surface area contributed by atoms with Crippen molar-refractivity contribution in [3.05, 3.63) is 58.6 Å². The highest BCUT2D eigenvalue weighted by Crippen LogP contribution is 2.28. The van der Waals surface area contributed by atoms with Gasteiger partial charge in [-0.05, 0) is 48.9 Å². The maximum absolute atomic E-state index is 12.2. The first-order valence-corrected chi connectivity index (χ1v) is 8.54. The molecular weight excluding hydrogens is 370 g/mol. The second-order valence-corrected chi connectivity index (χ2v) is 5.76. The molecule has 27 heavy (non-hydrogen) atoms. The van der Waals surface area contributed by atoms with Gasteiger partial charge in [0.2, 0.25) is 5.91 Å². The van der Waals surface area contributed by atoms with E-state index in [1.54, 1.807) is 51.5 Å². The summed E-state index contributed by atoms with van der Waals surface area (Å²) in [6.07, 6.45) is 3.01. The number of rotatable bonds is 7. The number of carbonyl (C=O) groups is 2. The normalized spacial score (nSPS) is 10.5. The number of ether oxygens (including phenoxy) is 3. The highest BCUT2D eigenvalue weighted by molar-refractivity contribution is 6.33. The number of halogens is 1. The van der Waals surface area contributed by atoms with Crippen LogP contribution in [0.15, 0.2) is 42.5 Å². The Bertz CT molecular complexity index is 863. The summed E-state index contributed by atoms with van der Waals surface area (Å²) in [5.74, 6) is 0.269. The van der Waals surface area contributed by atoms with Gasteiger partial charge in [0.1, 0.15) is 0 Å². The van der Waals surface area contributed by atoms with E-state index in [0.29, 0.717) is 17.2 Å². The lowest BCUT2D eigenvalue weighted by Gasteiger charge is -2.08. The average Bonchev–Trinajstić information content (AvgIpc) is 2.67. The zero-order valence-electron chi connectivity index (χ0n) is 15.2.